The molecule has 1 saturated carbocycles. The van der Waals surface area contributed by atoms with Crippen LogP contribution < -0.4 is 0 Å². The van der Waals surface area contributed by atoms with E-state index >= 15 is 0 Å². The second-order valence-corrected chi connectivity index (χ2v) is 6.01. The number of aromatic nitrogens is 2. The number of carbonyl (C=O) groups excluding carboxylic acids is 2. The van der Waals surface area contributed by atoms with Gasteiger partial charge in [0.05, 0.1) is 5.41 Å². The van der Waals surface area contributed by atoms with Gasteiger partial charge in [-0.05, 0) is 12.8 Å². The topological polar surface area (TPSA) is 66.1 Å². The van der Waals surface area contributed by atoms with Gasteiger partial charge in [0.1, 0.15) is 5.82 Å². The van der Waals surface area contributed by atoms with E-state index in [0.717, 1.165) is 31.5 Å². The van der Waals surface area contributed by atoms with Crippen LogP contribution in [0.4, 0.5) is 0 Å². The summed E-state index contributed by atoms with van der Waals surface area (Å²) in [6.07, 6.45) is 10.8. The fourth-order valence-electron chi connectivity index (χ4n) is 3.53. The van der Waals surface area contributed by atoms with Gasteiger partial charge in [0.15, 0.2) is 0 Å². The molecule has 2 aliphatic rings. The molecule has 2 amide bonds. The number of rotatable bonds is 3. The van der Waals surface area contributed by atoms with Gasteiger partial charge in [0, 0.05) is 31.8 Å². The normalized spacial score (nSPS) is 22.5. The monoisotopic (exact) mass is 275 g/mol. The van der Waals surface area contributed by atoms with E-state index in [9.17, 15) is 9.59 Å². The number of hydrogen-bond acceptors (Lipinski definition) is 3. The molecule has 3 rings (SSSR count). The van der Waals surface area contributed by atoms with E-state index < -0.39 is 0 Å². The lowest BCUT2D eigenvalue weighted by atomic mass is 9.79. The van der Waals surface area contributed by atoms with E-state index in [0.29, 0.717) is 19.4 Å². The van der Waals surface area contributed by atoms with Gasteiger partial charge in [0.25, 0.3) is 0 Å². The summed E-state index contributed by atoms with van der Waals surface area (Å²) in [5.74, 6) is 0.895. The van der Waals surface area contributed by atoms with E-state index in [-0.39, 0.29) is 17.2 Å². The highest BCUT2D eigenvalue weighted by molar-refractivity contribution is 6.05. The van der Waals surface area contributed by atoms with Crippen molar-refractivity contribution in [2.45, 2.75) is 51.4 Å². The molecule has 1 aromatic heterocycles. The van der Waals surface area contributed by atoms with Gasteiger partial charge in [-0.25, -0.2) is 4.98 Å². The molecule has 0 unspecified atom stereocenters. The molecule has 0 bridgehead atoms. The summed E-state index contributed by atoms with van der Waals surface area (Å²) in [6, 6.07) is 0. The zero-order valence-corrected chi connectivity index (χ0v) is 11.7. The van der Waals surface area contributed by atoms with Crippen molar-refractivity contribution in [3.63, 3.8) is 0 Å². The minimum absolute atomic E-state index is 0.00320. The Kier molecular flexibility index (Phi) is 3.59. The lowest BCUT2D eigenvalue weighted by Crippen LogP contribution is -2.37. The molecule has 2 fully saturated rings. The number of nitrogens with one attached hydrogen (secondary N) is 1. The second kappa shape index (κ2) is 5.38. The third-order valence-corrected chi connectivity index (χ3v) is 4.68. The molecule has 1 saturated heterocycles. The zero-order chi connectivity index (χ0) is 14.0. The van der Waals surface area contributed by atoms with Crippen LogP contribution in [0.3, 0.4) is 0 Å². The summed E-state index contributed by atoms with van der Waals surface area (Å²) in [6.45, 7) is 0.451. The Morgan fingerprint density at radius 3 is 2.60 bits per heavy atom. The van der Waals surface area contributed by atoms with Crippen molar-refractivity contribution < 1.29 is 9.59 Å². The Hall–Kier alpha value is -1.65. The van der Waals surface area contributed by atoms with Crippen molar-refractivity contribution in [2.75, 3.05) is 6.54 Å². The molecular formula is C15H21N3O2. The number of aromatic amines is 1. The number of likely N-dealkylation sites (tertiary alicyclic amines) is 1. The molecule has 2 heterocycles. The van der Waals surface area contributed by atoms with E-state index in [4.69, 9.17) is 0 Å². The zero-order valence-electron chi connectivity index (χ0n) is 11.7. The van der Waals surface area contributed by atoms with Crippen molar-refractivity contribution in [1.82, 2.24) is 14.9 Å². The summed E-state index contributed by atoms with van der Waals surface area (Å²) in [7, 11) is 0. The largest absolute Gasteiger partial charge is 0.349 e. The van der Waals surface area contributed by atoms with Crippen molar-refractivity contribution >= 4 is 11.8 Å². The number of nitrogens with zero attached hydrogens (tertiary/aromatic N) is 2. The van der Waals surface area contributed by atoms with Crippen LogP contribution in [0.25, 0.3) is 0 Å². The number of H-pyrrole nitrogens is 1. The Morgan fingerprint density at radius 2 is 1.95 bits per heavy atom. The highest BCUT2D eigenvalue weighted by atomic mass is 16.2. The first-order chi connectivity index (χ1) is 9.71. The number of carbonyl (C=O) groups is 2. The Labute approximate surface area is 118 Å². The minimum Gasteiger partial charge on any atom is -0.349 e. The van der Waals surface area contributed by atoms with E-state index in [2.05, 4.69) is 9.97 Å². The van der Waals surface area contributed by atoms with Crippen LogP contribution in [-0.4, -0.2) is 33.2 Å². The summed E-state index contributed by atoms with van der Waals surface area (Å²) in [5.41, 5.74) is -0.378. The first-order valence-electron chi connectivity index (χ1n) is 7.54. The van der Waals surface area contributed by atoms with Crippen molar-refractivity contribution in [3.05, 3.63) is 18.2 Å². The second-order valence-electron chi connectivity index (χ2n) is 6.01. The predicted octanol–water partition coefficient (Wildman–Crippen LogP) is 2.05. The Bertz CT molecular complexity index is 487. The molecule has 1 aliphatic heterocycles. The minimum atomic E-state index is -0.378. The highest BCUT2D eigenvalue weighted by Gasteiger charge is 2.50. The van der Waals surface area contributed by atoms with Crippen LogP contribution in [0.5, 0.6) is 0 Å². The van der Waals surface area contributed by atoms with Gasteiger partial charge in [-0.1, -0.05) is 25.7 Å². The molecule has 0 atom stereocenters. The van der Waals surface area contributed by atoms with Gasteiger partial charge in [-0.15, -0.1) is 0 Å². The van der Waals surface area contributed by atoms with E-state index in [1.54, 1.807) is 12.4 Å². The molecule has 1 N–H and O–H groups in total. The summed E-state index contributed by atoms with van der Waals surface area (Å²) in [4.78, 5) is 33.5. The maximum atomic E-state index is 12.7. The molecule has 5 nitrogen and oxygen atoms in total. The Balaban J connectivity index is 1.69. The first-order valence-corrected chi connectivity index (χ1v) is 7.54. The molecule has 1 aromatic rings. The number of hydrogen-bond donors (Lipinski definition) is 1. The van der Waals surface area contributed by atoms with Crippen LogP contribution in [0, 0.1) is 5.41 Å². The summed E-state index contributed by atoms with van der Waals surface area (Å²) >= 11 is 0. The summed E-state index contributed by atoms with van der Waals surface area (Å²) in [5, 5.41) is 0. The fraction of sp³-hybridized carbons (Fsp3) is 0.667. The smallest absolute Gasteiger partial charge is 0.235 e. The quantitative estimate of drug-likeness (QED) is 0.859. The third-order valence-electron chi connectivity index (χ3n) is 4.68. The molecule has 1 spiro atoms. The SMILES string of the molecule is O=C1CC2(CCCCCC2)C(=O)N1CCc1ncc[nH]1. The van der Waals surface area contributed by atoms with Gasteiger partial charge in [-0.2, -0.15) is 0 Å². The average Bonchev–Trinajstić information content (AvgIpc) is 2.93. The molecule has 0 radical (unpaired) electrons. The molecule has 1 aliphatic carbocycles. The predicted molar refractivity (Wildman–Crippen MR) is 73.8 cm³/mol. The van der Waals surface area contributed by atoms with Gasteiger partial charge >= 0.3 is 0 Å². The summed E-state index contributed by atoms with van der Waals surface area (Å²) < 4.78 is 0. The lowest BCUT2D eigenvalue weighted by Gasteiger charge is -2.24. The number of amides is 2. The standard InChI is InChI=1S/C15H21N3O2/c19-13-11-15(6-3-1-2-4-7-15)14(20)18(13)10-5-12-16-8-9-17-12/h8-9H,1-7,10-11H2,(H,16,17). The highest BCUT2D eigenvalue weighted by Crippen LogP contribution is 2.44. The molecule has 20 heavy (non-hydrogen) atoms. The van der Waals surface area contributed by atoms with Crippen molar-refractivity contribution in [3.8, 4) is 0 Å². The maximum absolute atomic E-state index is 12.7. The maximum Gasteiger partial charge on any atom is 0.235 e. The van der Waals surface area contributed by atoms with Crippen molar-refractivity contribution in [1.29, 1.82) is 0 Å². The van der Waals surface area contributed by atoms with Crippen LogP contribution in [0.1, 0.15) is 50.8 Å². The van der Waals surface area contributed by atoms with Crippen LogP contribution in [-0.2, 0) is 16.0 Å². The van der Waals surface area contributed by atoms with Crippen molar-refractivity contribution in [2.24, 2.45) is 5.41 Å². The average molecular weight is 275 g/mol. The lowest BCUT2D eigenvalue weighted by molar-refractivity contribution is -0.141. The van der Waals surface area contributed by atoms with Crippen LogP contribution in [0.2, 0.25) is 0 Å². The third kappa shape index (κ3) is 2.37. The van der Waals surface area contributed by atoms with E-state index in [1.807, 2.05) is 0 Å². The number of imide groups is 1. The van der Waals surface area contributed by atoms with Gasteiger partial charge < -0.3 is 4.98 Å². The van der Waals surface area contributed by atoms with Gasteiger partial charge in [0.2, 0.25) is 11.8 Å². The Morgan fingerprint density at radius 1 is 1.20 bits per heavy atom. The number of imidazole rings is 1. The fourth-order valence-corrected chi connectivity index (χ4v) is 3.53. The first kappa shape index (κ1) is 13.3. The molecular weight excluding hydrogens is 254 g/mol. The van der Waals surface area contributed by atoms with Crippen LogP contribution in [0.15, 0.2) is 12.4 Å². The molecule has 0 aromatic carbocycles. The van der Waals surface area contributed by atoms with Gasteiger partial charge in [-0.3, -0.25) is 14.5 Å². The van der Waals surface area contributed by atoms with E-state index in [1.165, 1.54) is 17.7 Å². The molecule has 108 valence electrons. The van der Waals surface area contributed by atoms with Crippen LogP contribution >= 0.6 is 0 Å². The molecule has 5 heteroatoms.